The molecule has 0 spiro atoms. The number of aromatic nitrogens is 3. The Kier molecular flexibility index (Phi) is 7.82. The highest BCUT2D eigenvalue weighted by Gasteiger charge is 2.20. The molecule has 188 valence electrons. The summed E-state index contributed by atoms with van der Waals surface area (Å²) in [6, 6.07) is 13.9. The smallest absolute Gasteiger partial charge is 0.250 e. The van der Waals surface area contributed by atoms with E-state index < -0.39 is 0 Å². The summed E-state index contributed by atoms with van der Waals surface area (Å²) in [4.78, 5) is 18.4. The maximum absolute atomic E-state index is 13.2. The molecule has 5 rings (SSSR count). The van der Waals surface area contributed by atoms with Crippen molar-refractivity contribution >= 4 is 24.1 Å². The Balaban J connectivity index is 1.31. The van der Waals surface area contributed by atoms with Gasteiger partial charge < -0.3 is 19.3 Å². The van der Waals surface area contributed by atoms with E-state index in [1.165, 1.54) is 18.6 Å². The molecule has 0 radical (unpaired) electrons. The summed E-state index contributed by atoms with van der Waals surface area (Å²) >= 11 is 0. The quantitative estimate of drug-likeness (QED) is 0.375. The molecule has 10 heteroatoms. The molecule has 2 aliphatic rings. The lowest BCUT2D eigenvalue weighted by molar-refractivity contribution is 0.122. The van der Waals surface area contributed by atoms with Gasteiger partial charge in [-0.2, -0.15) is 20.1 Å². The van der Waals surface area contributed by atoms with Crippen LogP contribution in [0.15, 0.2) is 53.6 Å². The normalized spacial score (nSPS) is 16.4. The maximum atomic E-state index is 13.2. The lowest BCUT2D eigenvalue weighted by Gasteiger charge is -2.30. The zero-order chi connectivity index (χ0) is 24.6. The van der Waals surface area contributed by atoms with E-state index in [0.717, 1.165) is 50.1 Å². The monoisotopic (exact) mass is 491 g/mol. The van der Waals surface area contributed by atoms with Gasteiger partial charge in [-0.3, -0.25) is 0 Å². The van der Waals surface area contributed by atoms with E-state index in [1.54, 1.807) is 18.3 Å². The fraction of sp³-hybridized carbons (Fsp3) is 0.385. The van der Waals surface area contributed by atoms with Gasteiger partial charge in [0.25, 0.3) is 0 Å². The molecule has 1 aromatic heterocycles. The highest BCUT2D eigenvalue weighted by atomic mass is 19.1. The van der Waals surface area contributed by atoms with Crippen LogP contribution in [0.1, 0.15) is 30.4 Å². The van der Waals surface area contributed by atoms with Crippen LogP contribution in [-0.2, 0) is 11.3 Å². The van der Waals surface area contributed by atoms with Crippen LogP contribution in [0.2, 0.25) is 0 Å². The van der Waals surface area contributed by atoms with Crippen LogP contribution in [0.25, 0.3) is 0 Å². The number of hydrogen-bond donors (Lipinski definition) is 1. The summed E-state index contributed by atoms with van der Waals surface area (Å²) in [6.45, 7) is 4.99. The van der Waals surface area contributed by atoms with Crippen LogP contribution in [-0.4, -0.2) is 60.6 Å². The highest BCUT2D eigenvalue weighted by Crippen LogP contribution is 2.22. The van der Waals surface area contributed by atoms with Crippen molar-refractivity contribution in [2.75, 3.05) is 54.6 Å². The van der Waals surface area contributed by atoms with Crippen molar-refractivity contribution in [1.29, 1.82) is 0 Å². The third kappa shape index (κ3) is 6.25. The van der Waals surface area contributed by atoms with Gasteiger partial charge in [-0.1, -0.05) is 24.3 Å². The SMILES string of the molecule is Fc1ccc(COc2ccccc2/C=N\Nc2nc(N3CCCCC3)nc(N3CCOCC3)n2)cc1. The average molecular weight is 492 g/mol. The number of hydrazone groups is 1. The van der Waals surface area contributed by atoms with Gasteiger partial charge in [0.15, 0.2) is 0 Å². The third-order valence-corrected chi connectivity index (χ3v) is 6.14. The zero-order valence-corrected chi connectivity index (χ0v) is 20.1. The highest BCUT2D eigenvalue weighted by molar-refractivity contribution is 5.83. The summed E-state index contributed by atoms with van der Waals surface area (Å²) in [5.41, 5.74) is 4.66. The number of benzene rings is 2. The molecule has 3 heterocycles. The summed E-state index contributed by atoms with van der Waals surface area (Å²) < 4.78 is 24.6. The summed E-state index contributed by atoms with van der Waals surface area (Å²) in [5.74, 6) is 2.11. The van der Waals surface area contributed by atoms with E-state index in [9.17, 15) is 4.39 Å². The van der Waals surface area contributed by atoms with Gasteiger partial charge in [0.2, 0.25) is 17.8 Å². The Labute approximate surface area is 210 Å². The lowest BCUT2D eigenvalue weighted by Crippen LogP contribution is -2.38. The van der Waals surface area contributed by atoms with Crippen molar-refractivity contribution in [3.63, 3.8) is 0 Å². The molecule has 2 fully saturated rings. The van der Waals surface area contributed by atoms with E-state index in [4.69, 9.17) is 14.5 Å². The van der Waals surface area contributed by atoms with Gasteiger partial charge in [0.1, 0.15) is 18.2 Å². The molecule has 0 amide bonds. The fourth-order valence-electron chi connectivity index (χ4n) is 4.16. The van der Waals surface area contributed by atoms with Gasteiger partial charge in [-0.05, 0) is 49.1 Å². The molecule has 0 aliphatic carbocycles. The molecule has 2 aliphatic heterocycles. The van der Waals surface area contributed by atoms with Crippen LogP contribution < -0.4 is 20.0 Å². The number of hydrogen-bond acceptors (Lipinski definition) is 9. The van der Waals surface area contributed by atoms with E-state index >= 15 is 0 Å². The predicted molar refractivity (Wildman–Crippen MR) is 137 cm³/mol. The van der Waals surface area contributed by atoms with Crippen molar-refractivity contribution in [3.8, 4) is 5.75 Å². The first-order valence-corrected chi connectivity index (χ1v) is 12.3. The van der Waals surface area contributed by atoms with Crippen LogP contribution in [0.4, 0.5) is 22.2 Å². The number of rotatable bonds is 8. The molecular weight excluding hydrogens is 461 g/mol. The molecule has 0 unspecified atom stereocenters. The van der Waals surface area contributed by atoms with E-state index in [1.807, 2.05) is 24.3 Å². The molecule has 0 saturated carbocycles. The molecule has 2 aromatic carbocycles. The molecule has 3 aromatic rings. The first kappa shape index (κ1) is 23.9. The fourth-order valence-corrected chi connectivity index (χ4v) is 4.16. The number of halogens is 1. The summed E-state index contributed by atoms with van der Waals surface area (Å²) in [6.07, 6.45) is 5.18. The second-order valence-electron chi connectivity index (χ2n) is 8.73. The molecule has 36 heavy (non-hydrogen) atoms. The Morgan fingerprint density at radius 2 is 1.58 bits per heavy atom. The second-order valence-corrected chi connectivity index (χ2v) is 8.73. The van der Waals surface area contributed by atoms with Crippen molar-refractivity contribution < 1.29 is 13.9 Å². The number of ether oxygens (including phenoxy) is 2. The van der Waals surface area contributed by atoms with Crippen molar-refractivity contribution in [1.82, 2.24) is 15.0 Å². The van der Waals surface area contributed by atoms with E-state index in [2.05, 4.69) is 30.3 Å². The zero-order valence-electron chi connectivity index (χ0n) is 20.1. The Hall–Kier alpha value is -3.79. The molecule has 1 N–H and O–H groups in total. The first-order valence-electron chi connectivity index (χ1n) is 12.3. The van der Waals surface area contributed by atoms with Crippen LogP contribution in [0, 0.1) is 5.82 Å². The second kappa shape index (κ2) is 11.8. The maximum Gasteiger partial charge on any atom is 0.250 e. The molecule has 0 bridgehead atoms. The van der Waals surface area contributed by atoms with E-state index in [0.29, 0.717) is 43.4 Å². The Morgan fingerprint density at radius 1 is 0.889 bits per heavy atom. The topological polar surface area (TPSA) is 88.0 Å². The molecule has 2 saturated heterocycles. The number of anilines is 3. The minimum atomic E-state index is -0.268. The molecule has 0 atom stereocenters. The summed E-state index contributed by atoms with van der Waals surface area (Å²) in [7, 11) is 0. The van der Waals surface area contributed by atoms with Crippen LogP contribution >= 0.6 is 0 Å². The Morgan fingerprint density at radius 3 is 2.33 bits per heavy atom. The number of morpholine rings is 1. The number of piperidine rings is 1. The predicted octanol–water partition coefficient (Wildman–Crippen LogP) is 3.86. The summed E-state index contributed by atoms with van der Waals surface area (Å²) in [5, 5.41) is 4.39. The Bertz CT molecular complexity index is 1130. The average Bonchev–Trinajstić information content (AvgIpc) is 2.94. The van der Waals surface area contributed by atoms with Crippen LogP contribution in [0.3, 0.4) is 0 Å². The van der Waals surface area contributed by atoms with Crippen molar-refractivity contribution in [2.45, 2.75) is 25.9 Å². The number of nitrogens with one attached hydrogen (secondary N) is 1. The van der Waals surface area contributed by atoms with Gasteiger partial charge in [-0.25, -0.2) is 9.82 Å². The van der Waals surface area contributed by atoms with Crippen molar-refractivity contribution in [2.24, 2.45) is 5.10 Å². The first-order chi connectivity index (χ1) is 17.7. The van der Waals surface area contributed by atoms with Gasteiger partial charge in [0, 0.05) is 31.7 Å². The third-order valence-electron chi connectivity index (χ3n) is 6.14. The van der Waals surface area contributed by atoms with Gasteiger partial charge >= 0.3 is 0 Å². The number of nitrogens with zero attached hydrogens (tertiary/aromatic N) is 6. The molecular formula is C26H30FN7O2. The van der Waals surface area contributed by atoms with Gasteiger partial charge in [0.05, 0.1) is 19.4 Å². The van der Waals surface area contributed by atoms with Crippen molar-refractivity contribution in [3.05, 3.63) is 65.5 Å². The number of para-hydroxylation sites is 1. The minimum Gasteiger partial charge on any atom is -0.488 e. The lowest BCUT2D eigenvalue weighted by atomic mass is 10.1. The van der Waals surface area contributed by atoms with E-state index in [-0.39, 0.29) is 5.82 Å². The minimum absolute atomic E-state index is 0.268. The standard InChI is InChI=1S/C26H30FN7O2/c27-22-10-8-20(9-11-22)19-36-23-7-3-2-6-21(23)18-28-32-24-29-25(33-12-4-1-5-13-33)31-26(30-24)34-14-16-35-17-15-34/h2-3,6-11,18H,1,4-5,12-17,19H2,(H,29,30,31,32)/b28-18-. The largest absolute Gasteiger partial charge is 0.488 e. The molecule has 9 nitrogen and oxygen atoms in total. The van der Waals surface area contributed by atoms with Gasteiger partial charge in [-0.15, -0.1) is 0 Å². The van der Waals surface area contributed by atoms with Crippen LogP contribution in [0.5, 0.6) is 5.75 Å².